The Bertz CT molecular complexity index is 194. The average Bonchev–Trinajstić information content (AvgIpc) is 2.17. The maximum absolute atomic E-state index is 10.8. The van der Waals surface area contributed by atoms with Crippen LogP contribution in [0.1, 0.15) is 59.3 Å². The molecule has 0 amide bonds. The van der Waals surface area contributed by atoms with E-state index < -0.39 is 5.97 Å². The van der Waals surface area contributed by atoms with Gasteiger partial charge in [0.1, 0.15) is 0 Å². The van der Waals surface area contributed by atoms with Gasteiger partial charge < -0.3 is 5.11 Å². The largest absolute Gasteiger partial charge is 0.478 e. The highest BCUT2D eigenvalue weighted by molar-refractivity contribution is 5.86. The number of hydrogen-bond donors (Lipinski definition) is 1. The monoisotopic (exact) mass is 198 g/mol. The first kappa shape index (κ1) is 13.2. The fourth-order valence-corrected chi connectivity index (χ4v) is 1.43. The molecule has 0 aromatic carbocycles. The van der Waals surface area contributed by atoms with Gasteiger partial charge in [-0.05, 0) is 32.6 Å². The maximum Gasteiger partial charge on any atom is 0.331 e. The molecule has 0 aliphatic heterocycles. The first-order valence-electron chi connectivity index (χ1n) is 5.55. The smallest absolute Gasteiger partial charge is 0.331 e. The van der Waals surface area contributed by atoms with Gasteiger partial charge in [-0.15, -0.1) is 0 Å². The maximum atomic E-state index is 10.8. The summed E-state index contributed by atoms with van der Waals surface area (Å²) in [5.74, 6) is -0.757. The quantitative estimate of drug-likeness (QED) is 0.632. The molecule has 0 radical (unpaired) electrons. The summed E-state index contributed by atoms with van der Waals surface area (Å²) in [6.07, 6.45) is 6.36. The van der Waals surface area contributed by atoms with Crippen LogP contribution in [0, 0.1) is 0 Å². The Kier molecular flexibility index (Phi) is 7.17. The van der Waals surface area contributed by atoms with E-state index in [1.54, 1.807) is 6.92 Å². The van der Waals surface area contributed by atoms with Crippen molar-refractivity contribution in [3.05, 3.63) is 11.1 Å². The lowest BCUT2D eigenvalue weighted by molar-refractivity contribution is -0.132. The van der Waals surface area contributed by atoms with Gasteiger partial charge in [0.05, 0.1) is 0 Å². The lowest BCUT2D eigenvalue weighted by atomic mass is 9.98. The van der Waals surface area contributed by atoms with E-state index in [0.717, 1.165) is 44.1 Å². The topological polar surface area (TPSA) is 37.3 Å². The second-order valence-corrected chi connectivity index (χ2v) is 3.74. The molecule has 0 aliphatic carbocycles. The Labute approximate surface area is 87.0 Å². The van der Waals surface area contributed by atoms with E-state index in [4.69, 9.17) is 5.11 Å². The Morgan fingerprint density at radius 3 is 1.79 bits per heavy atom. The molecule has 0 aliphatic rings. The number of unbranched alkanes of at least 4 members (excludes halogenated alkanes) is 2. The molecular weight excluding hydrogens is 176 g/mol. The summed E-state index contributed by atoms with van der Waals surface area (Å²) in [7, 11) is 0. The number of hydrogen-bond acceptors (Lipinski definition) is 1. The first-order valence-corrected chi connectivity index (χ1v) is 5.55. The predicted molar refractivity (Wildman–Crippen MR) is 59.4 cm³/mol. The molecule has 0 rings (SSSR count). The van der Waals surface area contributed by atoms with Crippen molar-refractivity contribution in [2.75, 3.05) is 0 Å². The number of allylic oxidation sites excluding steroid dienone is 1. The van der Waals surface area contributed by atoms with E-state index in [9.17, 15) is 4.79 Å². The van der Waals surface area contributed by atoms with Gasteiger partial charge in [0.15, 0.2) is 0 Å². The third kappa shape index (κ3) is 5.05. The number of carboxylic acids is 1. The third-order valence-corrected chi connectivity index (χ3v) is 2.52. The summed E-state index contributed by atoms with van der Waals surface area (Å²) in [5.41, 5.74) is 1.70. The van der Waals surface area contributed by atoms with Crippen molar-refractivity contribution in [3.8, 4) is 0 Å². The van der Waals surface area contributed by atoms with Gasteiger partial charge in [-0.25, -0.2) is 4.79 Å². The second kappa shape index (κ2) is 7.60. The Hall–Kier alpha value is -0.790. The molecule has 1 N–H and O–H groups in total. The first-order chi connectivity index (χ1) is 6.63. The van der Waals surface area contributed by atoms with E-state index in [-0.39, 0.29) is 0 Å². The standard InChI is InChI=1S/C12H22O2/c1-4-6-8-11(9-7-5-2)10(3)12(13)14/h4-9H2,1-3H3,(H,13,14). The van der Waals surface area contributed by atoms with Crippen LogP contribution in [-0.4, -0.2) is 11.1 Å². The van der Waals surface area contributed by atoms with Crippen molar-refractivity contribution in [2.24, 2.45) is 0 Å². The van der Waals surface area contributed by atoms with Crippen molar-refractivity contribution in [1.29, 1.82) is 0 Å². The highest BCUT2D eigenvalue weighted by Crippen LogP contribution is 2.19. The highest BCUT2D eigenvalue weighted by Gasteiger charge is 2.08. The molecule has 2 nitrogen and oxygen atoms in total. The van der Waals surface area contributed by atoms with E-state index in [1.807, 2.05) is 0 Å². The zero-order valence-corrected chi connectivity index (χ0v) is 9.60. The van der Waals surface area contributed by atoms with E-state index in [0.29, 0.717) is 5.57 Å². The van der Waals surface area contributed by atoms with Crippen LogP contribution in [0.4, 0.5) is 0 Å². The minimum atomic E-state index is -0.757. The van der Waals surface area contributed by atoms with Crippen LogP contribution >= 0.6 is 0 Å². The lowest BCUT2D eigenvalue weighted by Crippen LogP contribution is -2.01. The molecule has 0 spiro atoms. The predicted octanol–water partition coefficient (Wildman–Crippen LogP) is 3.77. The number of carboxylic acid groups (broad SMARTS) is 1. The molecule has 14 heavy (non-hydrogen) atoms. The van der Waals surface area contributed by atoms with Gasteiger partial charge in [0, 0.05) is 5.57 Å². The van der Waals surface area contributed by atoms with E-state index in [2.05, 4.69) is 13.8 Å². The summed E-state index contributed by atoms with van der Waals surface area (Å²) in [5, 5.41) is 8.89. The van der Waals surface area contributed by atoms with E-state index >= 15 is 0 Å². The molecule has 0 bridgehead atoms. The minimum Gasteiger partial charge on any atom is -0.478 e. The van der Waals surface area contributed by atoms with Crippen molar-refractivity contribution in [2.45, 2.75) is 59.3 Å². The number of carbonyl (C=O) groups is 1. The Morgan fingerprint density at radius 2 is 1.50 bits per heavy atom. The molecular formula is C12H22O2. The third-order valence-electron chi connectivity index (χ3n) is 2.52. The molecule has 0 saturated heterocycles. The summed E-state index contributed by atoms with van der Waals surface area (Å²) in [6.45, 7) is 5.99. The van der Waals surface area contributed by atoms with Crippen LogP contribution in [-0.2, 0) is 4.79 Å². The van der Waals surface area contributed by atoms with Crippen LogP contribution in [0.5, 0.6) is 0 Å². The number of rotatable bonds is 7. The normalized spacial score (nSPS) is 9.93. The molecule has 0 fully saturated rings. The van der Waals surface area contributed by atoms with Crippen LogP contribution in [0.15, 0.2) is 11.1 Å². The summed E-state index contributed by atoms with van der Waals surface area (Å²) < 4.78 is 0. The zero-order chi connectivity index (χ0) is 11.0. The molecule has 0 saturated carbocycles. The van der Waals surface area contributed by atoms with Gasteiger partial charge in [0.2, 0.25) is 0 Å². The van der Waals surface area contributed by atoms with Gasteiger partial charge in [-0.2, -0.15) is 0 Å². The number of aliphatic carboxylic acids is 1. The van der Waals surface area contributed by atoms with Crippen molar-refractivity contribution < 1.29 is 9.90 Å². The van der Waals surface area contributed by atoms with Crippen molar-refractivity contribution in [3.63, 3.8) is 0 Å². The Morgan fingerprint density at radius 1 is 1.07 bits per heavy atom. The van der Waals surface area contributed by atoms with Crippen molar-refractivity contribution in [1.82, 2.24) is 0 Å². The minimum absolute atomic E-state index is 0.562. The van der Waals surface area contributed by atoms with Crippen LogP contribution in [0.2, 0.25) is 0 Å². The van der Waals surface area contributed by atoms with E-state index in [1.165, 1.54) is 0 Å². The second-order valence-electron chi connectivity index (χ2n) is 3.74. The SMILES string of the molecule is CCCCC(CCCC)=C(C)C(=O)O. The lowest BCUT2D eigenvalue weighted by Gasteiger charge is -2.08. The van der Waals surface area contributed by atoms with Gasteiger partial charge in [0.25, 0.3) is 0 Å². The molecule has 0 heterocycles. The van der Waals surface area contributed by atoms with Crippen LogP contribution in [0.3, 0.4) is 0 Å². The van der Waals surface area contributed by atoms with Crippen molar-refractivity contribution >= 4 is 5.97 Å². The summed E-state index contributed by atoms with van der Waals surface area (Å²) >= 11 is 0. The van der Waals surface area contributed by atoms with Crippen LogP contribution in [0.25, 0.3) is 0 Å². The molecule has 82 valence electrons. The van der Waals surface area contributed by atoms with Crippen LogP contribution < -0.4 is 0 Å². The van der Waals surface area contributed by atoms with Gasteiger partial charge in [-0.1, -0.05) is 32.3 Å². The molecule has 0 aromatic rings. The molecule has 2 heteroatoms. The fraction of sp³-hybridized carbons (Fsp3) is 0.750. The summed E-state index contributed by atoms with van der Waals surface area (Å²) in [4.78, 5) is 10.8. The Balaban J connectivity index is 4.35. The summed E-state index contributed by atoms with van der Waals surface area (Å²) in [6, 6.07) is 0. The molecule has 0 aromatic heterocycles. The average molecular weight is 198 g/mol. The zero-order valence-electron chi connectivity index (χ0n) is 9.60. The molecule has 0 unspecified atom stereocenters. The van der Waals surface area contributed by atoms with Gasteiger partial charge >= 0.3 is 5.97 Å². The molecule has 0 atom stereocenters. The fourth-order valence-electron chi connectivity index (χ4n) is 1.43. The van der Waals surface area contributed by atoms with Gasteiger partial charge in [-0.3, -0.25) is 0 Å². The highest BCUT2D eigenvalue weighted by atomic mass is 16.4.